The number of ketones is 1. The van der Waals surface area contributed by atoms with Crippen molar-refractivity contribution in [1.29, 1.82) is 0 Å². The summed E-state index contributed by atoms with van der Waals surface area (Å²) in [7, 11) is 0. The van der Waals surface area contributed by atoms with Crippen molar-refractivity contribution in [2.45, 2.75) is 19.3 Å². The minimum absolute atomic E-state index is 0.0251. The Kier molecular flexibility index (Phi) is 7.30. The monoisotopic (exact) mass is 386 g/mol. The van der Waals surface area contributed by atoms with Crippen molar-refractivity contribution in [3.8, 4) is 0 Å². The van der Waals surface area contributed by atoms with Crippen LogP contribution < -0.4 is 0 Å². The van der Waals surface area contributed by atoms with Gasteiger partial charge in [-0.2, -0.15) is 5.11 Å². The minimum Gasteiger partial charge on any atom is -0.510 e. The molecule has 7 heteroatoms. The molecule has 0 aromatic heterocycles. The fourth-order valence-electron chi connectivity index (χ4n) is 3.92. The van der Waals surface area contributed by atoms with Crippen LogP contribution in [0.5, 0.6) is 0 Å². The van der Waals surface area contributed by atoms with E-state index in [1.165, 1.54) is 0 Å². The molecule has 0 spiro atoms. The van der Waals surface area contributed by atoms with Crippen LogP contribution >= 0.6 is 0 Å². The van der Waals surface area contributed by atoms with E-state index in [2.05, 4.69) is 20.0 Å². The molecule has 2 atom stereocenters. The summed E-state index contributed by atoms with van der Waals surface area (Å²) in [5.41, 5.74) is 1.18. The number of allylic oxidation sites excluding steroid dienone is 2. The predicted octanol–water partition coefficient (Wildman–Crippen LogP) is 2.21. The van der Waals surface area contributed by atoms with Crippen LogP contribution in [0, 0.1) is 5.92 Å². The van der Waals surface area contributed by atoms with Crippen molar-refractivity contribution in [1.82, 2.24) is 9.80 Å². The first-order chi connectivity index (χ1) is 13.6. The molecular formula is C21H30N4O3. The lowest BCUT2D eigenvalue weighted by molar-refractivity contribution is -0.117. The Bertz CT molecular complexity index is 712. The second kappa shape index (κ2) is 9.91. The number of aliphatic hydroxyl groups is 2. The molecule has 2 N–H and O–H groups in total. The first kappa shape index (κ1) is 20.6. The Labute approximate surface area is 166 Å². The smallest absolute Gasteiger partial charge is 0.187 e. The van der Waals surface area contributed by atoms with Gasteiger partial charge in [-0.15, -0.1) is 5.11 Å². The highest BCUT2D eigenvalue weighted by atomic mass is 16.3. The van der Waals surface area contributed by atoms with E-state index in [1.54, 1.807) is 0 Å². The van der Waals surface area contributed by atoms with Crippen LogP contribution in [0.1, 0.15) is 24.8 Å². The lowest BCUT2D eigenvalue weighted by Gasteiger charge is -2.33. The highest BCUT2D eigenvalue weighted by Gasteiger charge is 2.34. The van der Waals surface area contributed by atoms with Gasteiger partial charge in [0.1, 0.15) is 5.76 Å². The number of aliphatic hydroxyl groups excluding tert-OH is 2. The molecule has 1 aromatic rings. The third kappa shape index (κ3) is 5.04. The van der Waals surface area contributed by atoms with Gasteiger partial charge in [-0.05, 0) is 5.56 Å². The average molecular weight is 386 g/mol. The third-order valence-corrected chi connectivity index (χ3v) is 5.74. The summed E-state index contributed by atoms with van der Waals surface area (Å²) in [4.78, 5) is 17.1. The molecule has 0 radical (unpaired) electrons. The van der Waals surface area contributed by atoms with E-state index in [-0.39, 0.29) is 35.7 Å². The highest BCUT2D eigenvalue weighted by molar-refractivity contribution is 5.97. The summed E-state index contributed by atoms with van der Waals surface area (Å²) in [6, 6.07) is 9.84. The normalized spacial score (nSPS) is 25.0. The molecule has 7 nitrogen and oxygen atoms in total. The Morgan fingerprint density at radius 3 is 2.36 bits per heavy atom. The zero-order valence-corrected chi connectivity index (χ0v) is 16.5. The van der Waals surface area contributed by atoms with Crippen molar-refractivity contribution in [3.05, 3.63) is 47.4 Å². The van der Waals surface area contributed by atoms with Gasteiger partial charge in [-0.1, -0.05) is 37.3 Å². The summed E-state index contributed by atoms with van der Waals surface area (Å²) in [6.45, 7) is 7.91. The van der Waals surface area contributed by atoms with Gasteiger partial charge in [0.15, 0.2) is 11.5 Å². The fraction of sp³-hybridized carbons (Fsp3) is 0.571. The van der Waals surface area contributed by atoms with Crippen LogP contribution in [-0.2, 0) is 4.79 Å². The SMILES string of the molecule is CC1C(O)=C(N=NCCN2CCN(CCO)CC2)C(=O)CC1c1ccccc1. The van der Waals surface area contributed by atoms with E-state index >= 15 is 0 Å². The summed E-state index contributed by atoms with van der Waals surface area (Å²) >= 11 is 0. The molecule has 3 rings (SSSR count). The molecule has 28 heavy (non-hydrogen) atoms. The molecule has 2 unspecified atom stereocenters. The highest BCUT2D eigenvalue weighted by Crippen LogP contribution is 2.38. The zero-order chi connectivity index (χ0) is 19.9. The minimum atomic E-state index is -0.159. The number of benzene rings is 1. The molecule has 152 valence electrons. The summed E-state index contributed by atoms with van der Waals surface area (Å²) < 4.78 is 0. The second-order valence-corrected chi connectivity index (χ2v) is 7.54. The average Bonchev–Trinajstić information content (AvgIpc) is 2.72. The number of carbonyl (C=O) groups excluding carboxylic acids is 1. The van der Waals surface area contributed by atoms with E-state index in [0.717, 1.165) is 44.8 Å². The van der Waals surface area contributed by atoms with Crippen LogP contribution in [0.25, 0.3) is 0 Å². The van der Waals surface area contributed by atoms with Crippen molar-refractivity contribution in [2.24, 2.45) is 16.1 Å². The molecular weight excluding hydrogens is 356 g/mol. The predicted molar refractivity (Wildman–Crippen MR) is 107 cm³/mol. The van der Waals surface area contributed by atoms with E-state index in [9.17, 15) is 9.90 Å². The van der Waals surface area contributed by atoms with Crippen LogP contribution in [0.15, 0.2) is 52.0 Å². The molecule has 1 fully saturated rings. The van der Waals surface area contributed by atoms with Gasteiger partial charge in [0.05, 0.1) is 13.2 Å². The van der Waals surface area contributed by atoms with E-state index in [1.807, 2.05) is 37.3 Å². The van der Waals surface area contributed by atoms with Crippen molar-refractivity contribution in [3.63, 3.8) is 0 Å². The van der Waals surface area contributed by atoms with Crippen molar-refractivity contribution >= 4 is 5.78 Å². The molecule has 1 aliphatic heterocycles. The number of azo groups is 1. The summed E-state index contributed by atoms with van der Waals surface area (Å²) in [5.74, 6) is -0.284. The van der Waals surface area contributed by atoms with Gasteiger partial charge in [-0.3, -0.25) is 14.6 Å². The maximum Gasteiger partial charge on any atom is 0.187 e. The molecule has 1 aliphatic carbocycles. The molecule has 1 saturated heterocycles. The first-order valence-corrected chi connectivity index (χ1v) is 10.0. The molecule has 1 heterocycles. The van der Waals surface area contributed by atoms with Gasteiger partial charge in [0.2, 0.25) is 0 Å². The molecule has 0 saturated carbocycles. The van der Waals surface area contributed by atoms with Gasteiger partial charge in [0, 0.05) is 57.5 Å². The third-order valence-electron chi connectivity index (χ3n) is 5.74. The number of Topliss-reactive ketones (excluding diaryl/α,β-unsaturated/α-hetero) is 1. The van der Waals surface area contributed by atoms with Crippen LogP contribution in [0.3, 0.4) is 0 Å². The Hall–Kier alpha value is -2.09. The number of β-amino-alcohol motifs (C(OH)–C–C–N with tert-alkyl or cyclic N) is 1. The van der Waals surface area contributed by atoms with E-state index < -0.39 is 0 Å². The lowest BCUT2D eigenvalue weighted by Crippen LogP contribution is -2.47. The fourth-order valence-corrected chi connectivity index (χ4v) is 3.92. The lowest BCUT2D eigenvalue weighted by atomic mass is 9.77. The second-order valence-electron chi connectivity index (χ2n) is 7.54. The van der Waals surface area contributed by atoms with E-state index in [0.29, 0.717) is 13.0 Å². The quantitative estimate of drug-likeness (QED) is 0.702. The maximum absolute atomic E-state index is 12.5. The zero-order valence-electron chi connectivity index (χ0n) is 16.5. The van der Waals surface area contributed by atoms with Crippen molar-refractivity contribution in [2.75, 3.05) is 52.4 Å². The summed E-state index contributed by atoms with van der Waals surface area (Å²) in [6.07, 6.45) is 0.344. The number of carbonyl (C=O) groups is 1. The molecule has 1 aromatic carbocycles. The molecule has 0 bridgehead atoms. The number of hydrogen-bond donors (Lipinski definition) is 2. The Morgan fingerprint density at radius 1 is 1.07 bits per heavy atom. The van der Waals surface area contributed by atoms with Crippen LogP contribution in [0.4, 0.5) is 0 Å². The number of nitrogens with zero attached hydrogens (tertiary/aromatic N) is 4. The van der Waals surface area contributed by atoms with E-state index in [4.69, 9.17) is 5.11 Å². The molecule has 2 aliphatic rings. The van der Waals surface area contributed by atoms with Crippen LogP contribution in [-0.4, -0.2) is 78.2 Å². The number of hydrogen-bond acceptors (Lipinski definition) is 7. The summed E-state index contributed by atoms with van der Waals surface area (Å²) in [5, 5.41) is 27.8. The van der Waals surface area contributed by atoms with Gasteiger partial charge < -0.3 is 10.2 Å². The van der Waals surface area contributed by atoms with Crippen LogP contribution in [0.2, 0.25) is 0 Å². The van der Waals surface area contributed by atoms with Gasteiger partial charge in [-0.25, -0.2) is 0 Å². The van der Waals surface area contributed by atoms with Crippen molar-refractivity contribution < 1.29 is 15.0 Å². The first-order valence-electron chi connectivity index (χ1n) is 10.0. The van der Waals surface area contributed by atoms with Gasteiger partial charge >= 0.3 is 0 Å². The Balaban J connectivity index is 1.53. The number of rotatable bonds is 7. The molecule has 0 amide bonds. The van der Waals surface area contributed by atoms with Gasteiger partial charge in [0.25, 0.3) is 0 Å². The standard InChI is InChI=1S/C21H30N4O3/c1-16-18(17-5-3-2-4-6-17)15-19(27)20(21(16)28)23-22-7-8-24-9-11-25(12-10-24)13-14-26/h2-6,16,18,26,28H,7-15H2,1H3. The number of piperazine rings is 1. The topological polar surface area (TPSA) is 88.7 Å². The maximum atomic E-state index is 12.5. The Morgan fingerprint density at radius 2 is 1.71 bits per heavy atom. The largest absolute Gasteiger partial charge is 0.510 e.